The second-order valence-electron chi connectivity index (χ2n) is 6.34. The molecule has 2 aromatic rings. The molecule has 0 N–H and O–H groups in total. The van der Waals surface area contributed by atoms with E-state index in [1.165, 1.54) is 24.3 Å². The Morgan fingerprint density at radius 2 is 0.969 bits per heavy atom. The molecule has 0 saturated carbocycles. The first-order valence-corrected chi connectivity index (χ1v) is 9.85. The number of ketones is 2. The van der Waals surface area contributed by atoms with Gasteiger partial charge in [-0.05, 0) is 38.1 Å². The van der Waals surface area contributed by atoms with E-state index in [-0.39, 0.29) is 24.7 Å². The van der Waals surface area contributed by atoms with Crippen LogP contribution in [-0.2, 0) is 28.7 Å². The second kappa shape index (κ2) is 10.2. The topological polar surface area (TPSA) is 105 Å². The third kappa shape index (κ3) is 4.75. The zero-order chi connectivity index (χ0) is 23.1. The summed E-state index contributed by atoms with van der Waals surface area (Å²) in [6, 6.07) is 16.1. The van der Waals surface area contributed by atoms with E-state index in [0.29, 0.717) is 0 Å². The fourth-order valence-electron chi connectivity index (χ4n) is 2.85. The second-order valence-corrected chi connectivity index (χ2v) is 6.34. The molecule has 0 unspecified atom stereocenters. The van der Waals surface area contributed by atoms with Crippen LogP contribution in [0.5, 0.6) is 11.5 Å². The van der Waals surface area contributed by atoms with Crippen LogP contribution < -0.4 is 9.47 Å². The zero-order valence-corrected chi connectivity index (χ0v) is 17.5. The van der Waals surface area contributed by atoms with Gasteiger partial charge in [0.1, 0.15) is 11.5 Å². The first-order chi connectivity index (χ1) is 15.5. The number of para-hydroxylation sites is 2. The van der Waals surface area contributed by atoms with Crippen molar-refractivity contribution < 1.29 is 38.1 Å². The molecule has 0 bridgehead atoms. The summed E-state index contributed by atoms with van der Waals surface area (Å²) in [5.74, 6) is -5.11. The molecular weight excluding hydrogens is 416 g/mol. The maximum atomic E-state index is 13.3. The Morgan fingerprint density at radius 3 is 1.28 bits per heavy atom. The fraction of sp³-hybridized carbons (Fsp3) is 0.167. The molecule has 1 aliphatic rings. The fourth-order valence-corrected chi connectivity index (χ4v) is 2.85. The highest BCUT2D eigenvalue weighted by Crippen LogP contribution is 2.30. The van der Waals surface area contributed by atoms with Crippen LogP contribution in [0, 0.1) is 0 Å². The van der Waals surface area contributed by atoms with Gasteiger partial charge >= 0.3 is 11.9 Å². The number of allylic oxidation sites excluding steroid dienone is 2. The number of hydrogen-bond acceptors (Lipinski definition) is 8. The Labute approximate surface area is 184 Å². The molecule has 0 atom stereocenters. The van der Waals surface area contributed by atoms with Crippen LogP contribution in [-0.4, -0.2) is 36.7 Å². The van der Waals surface area contributed by atoms with E-state index in [1.54, 1.807) is 50.2 Å². The standard InChI is InChI=1S/C24H20O8/c1-3-29-23(27)17-19(25)22(32-16-13-9-6-10-14-16)18(24(28)30-4-2)20(26)21(17)31-15-11-7-5-8-12-15/h5-14H,3-4H2,1-2H3. The number of Topliss-reactive ketones (excluding diaryl/α,β-unsaturated/α-hetero) is 2. The lowest BCUT2D eigenvalue weighted by Gasteiger charge is -2.22. The highest BCUT2D eigenvalue weighted by atomic mass is 16.5. The van der Waals surface area contributed by atoms with Crippen molar-refractivity contribution in [3.8, 4) is 11.5 Å². The van der Waals surface area contributed by atoms with Crippen molar-refractivity contribution >= 4 is 23.5 Å². The number of hydrogen-bond donors (Lipinski definition) is 0. The predicted octanol–water partition coefficient (Wildman–Crippen LogP) is 2.93. The first kappa shape index (κ1) is 22.5. The minimum absolute atomic E-state index is 0.0499. The van der Waals surface area contributed by atoms with E-state index in [9.17, 15) is 19.2 Å². The van der Waals surface area contributed by atoms with E-state index >= 15 is 0 Å². The van der Waals surface area contributed by atoms with E-state index in [2.05, 4.69) is 0 Å². The Hall–Kier alpha value is -4.20. The van der Waals surface area contributed by atoms with E-state index in [1.807, 2.05) is 0 Å². The highest BCUT2D eigenvalue weighted by molar-refractivity contribution is 6.38. The van der Waals surface area contributed by atoms with Crippen LogP contribution in [0.2, 0.25) is 0 Å². The third-order valence-electron chi connectivity index (χ3n) is 4.21. The molecule has 164 valence electrons. The monoisotopic (exact) mass is 436 g/mol. The van der Waals surface area contributed by atoms with Gasteiger partial charge in [-0.1, -0.05) is 36.4 Å². The van der Waals surface area contributed by atoms with Crippen molar-refractivity contribution in [2.24, 2.45) is 0 Å². The molecule has 32 heavy (non-hydrogen) atoms. The number of carbonyl (C=O) groups is 4. The van der Waals surface area contributed by atoms with Crippen molar-refractivity contribution in [1.29, 1.82) is 0 Å². The summed E-state index contributed by atoms with van der Waals surface area (Å²) >= 11 is 0. The van der Waals surface area contributed by atoms with Crippen molar-refractivity contribution in [3.05, 3.63) is 83.3 Å². The van der Waals surface area contributed by atoms with Gasteiger partial charge in [-0.3, -0.25) is 9.59 Å². The average Bonchev–Trinajstić information content (AvgIpc) is 2.79. The van der Waals surface area contributed by atoms with Crippen molar-refractivity contribution in [2.75, 3.05) is 13.2 Å². The van der Waals surface area contributed by atoms with Gasteiger partial charge in [-0.15, -0.1) is 0 Å². The quantitative estimate of drug-likeness (QED) is 0.353. The van der Waals surface area contributed by atoms with Gasteiger partial charge in [-0.2, -0.15) is 0 Å². The molecule has 2 aromatic carbocycles. The lowest BCUT2D eigenvalue weighted by molar-refractivity contribution is -0.143. The third-order valence-corrected chi connectivity index (χ3v) is 4.21. The molecule has 0 aromatic heterocycles. The maximum absolute atomic E-state index is 13.3. The van der Waals surface area contributed by atoms with Crippen LogP contribution in [0.3, 0.4) is 0 Å². The number of benzene rings is 2. The van der Waals surface area contributed by atoms with E-state index in [4.69, 9.17) is 18.9 Å². The lowest BCUT2D eigenvalue weighted by atomic mass is 9.93. The molecule has 0 amide bonds. The molecule has 0 aliphatic heterocycles. The van der Waals surface area contributed by atoms with E-state index in [0.717, 1.165) is 0 Å². The number of rotatable bonds is 8. The molecule has 0 radical (unpaired) electrons. The summed E-state index contributed by atoms with van der Waals surface area (Å²) in [6.07, 6.45) is 0. The van der Waals surface area contributed by atoms with Gasteiger partial charge in [0.15, 0.2) is 22.7 Å². The van der Waals surface area contributed by atoms with Gasteiger partial charge in [-0.25, -0.2) is 9.59 Å². The first-order valence-electron chi connectivity index (χ1n) is 9.85. The van der Waals surface area contributed by atoms with Crippen LogP contribution in [0.1, 0.15) is 13.8 Å². The van der Waals surface area contributed by atoms with Crippen LogP contribution >= 0.6 is 0 Å². The van der Waals surface area contributed by atoms with Gasteiger partial charge in [0.05, 0.1) is 13.2 Å². The van der Waals surface area contributed by atoms with Crippen LogP contribution in [0.4, 0.5) is 0 Å². The molecule has 0 fully saturated rings. The predicted molar refractivity (Wildman–Crippen MR) is 111 cm³/mol. The maximum Gasteiger partial charge on any atom is 0.346 e. The van der Waals surface area contributed by atoms with Gasteiger partial charge in [0.25, 0.3) is 0 Å². The van der Waals surface area contributed by atoms with E-state index < -0.39 is 46.2 Å². The summed E-state index contributed by atoms with van der Waals surface area (Å²) in [6.45, 7) is 3.00. The normalized spacial score (nSPS) is 13.7. The minimum atomic E-state index is -1.08. The summed E-state index contributed by atoms with van der Waals surface area (Å²) < 4.78 is 21.1. The van der Waals surface area contributed by atoms with Crippen molar-refractivity contribution in [3.63, 3.8) is 0 Å². The number of ether oxygens (including phenoxy) is 4. The lowest BCUT2D eigenvalue weighted by Crippen LogP contribution is -2.36. The minimum Gasteiger partial charge on any atom is -0.462 e. The largest absolute Gasteiger partial charge is 0.462 e. The molecule has 0 spiro atoms. The van der Waals surface area contributed by atoms with Gasteiger partial charge < -0.3 is 18.9 Å². The van der Waals surface area contributed by atoms with Crippen molar-refractivity contribution in [1.82, 2.24) is 0 Å². The van der Waals surface area contributed by atoms with Gasteiger partial charge in [0.2, 0.25) is 11.6 Å². The van der Waals surface area contributed by atoms with Crippen LogP contribution in [0.25, 0.3) is 0 Å². The summed E-state index contributed by atoms with van der Waals surface area (Å²) in [5, 5.41) is 0. The highest BCUT2D eigenvalue weighted by Gasteiger charge is 2.45. The Balaban J connectivity index is 2.16. The Bertz CT molecular complexity index is 1010. The Morgan fingerprint density at radius 1 is 0.625 bits per heavy atom. The average molecular weight is 436 g/mol. The van der Waals surface area contributed by atoms with Gasteiger partial charge in [0, 0.05) is 0 Å². The zero-order valence-electron chi connectivity index (χ0n) is 17.5. The smallest absolute Gasteiger partial charge is 0.346 e. The summed E-state index contributed by atoms with van der Waals surface area (Å²) in [5.41, 5.74) is -1.33. The van der Waals surface area contributed by atoms with Crippen molar-refractivity contribution in [2.45, 2.75) is 13.8 Å². The summed E-state index contributed by atoms with van der Waals surface area (Å²) in [7, 11) is 0. The molecule has 8 heteroatoms. The molecule has 0 saturated heterocycles. The van der Waals surface area contributed by atoms with Crippen LogP contribution in [0.15, 0.2) is 83.3 Å². The summed E-state index contributed by atoms with van der Waals surface area (Å²) in [4.78, 5) is 51.9. The molecular formula is C24H20O8. The number of carbonyl (C=O) groups excluding carboxylic acids is 4. The SMILES string of the molecule is CCOC(=O)C1=C(Oc2ccccc2)C(=O)C(C(=O)OCC)=C(Oc2ccccc2)C1=O. The Kier molecular flexibility index (Phi) is 7.17. The molecule has 1 aliphatic carbocycles. The molecule has 0 heterocycles. The molecule has 8 nitrogen and oxygen atoms in total. The molecule has 3 rings (SSSR count). The number of esters is 2.